The van der Waals surface area contributed by atoms with E-state index in [1.165, 1.54) is 23.1 Å². The molecule has 27 heavy (non-hydrogen) atoms. The van der Waals surface area contributed by atoms with Crippen molar-refractivity contribution in [2.45, 2.75) is 30.1 Å². The number of nitrogens with one attached hydrogen (secondary N) is 2. The average molecular weight is 433 g/mol. The van der Waals surface area contributed by atoms with Gasteiger partial charge in [-0.1, -0.05) is 23.1 Å². The Bertz CT molecular complexity index is 762. The summed E-state index contributed by atoms with van der Waals surface area (Å²) in [6, 6.07) is 1.97. The van der Waals surface area contributed by atoms with Crippen molar-refractivity contribution in [1.82, 2.24) is 25.3 Å². The summed E-state index contributed by atoms with van der Waals surface area (Å²) in [5.74, 6) is -0.470. The lowest BCUT2D eigenvalue weighted by Gasteiger charge is -2.22. The number of thioether (sulfide) groups is 1. The molecule has 2 aromatic heterocycles. The molecule has 12 heteroatoms. The van der Waals surface area contributed by atoms with Gasteiger partial charge in [-0.2, -0.15) is 5.10 Å². The van der Waals surface area contributed by atoms with Gasteiger partial charge in [0.1, 0.15) is 0 Å². The molecular formula is C15H21ClN6O3S2. The van der Waals surface area contributed by atoms with Crippen LogP contribution in [0.2, 0.25) is 0 Å². The molecule has 0 aliphatic carbocycles. The van der Waals surface area contributed by atoms with E-state index in [4.69, 9.17) is 4.74 Å². The predicted octanol–water partition coefficient (Wildman–Crippen LogP) is 1.99. The standard InChI is InChI=1S/C15H20N6O3S2.ClH/c1-2-24-12(22)9-25-15-19-18-14(26-15)17-13(23)11-5-7-21(20-11)10-4-3-6-16-8-10;/h5,7,10,16H,2-4,6,8-9H2,1H3,(H,17,18,23);1H. The first kappa shape index (κ1) is 21.6. The Kier molecular flexibility index (Phi) is 8.48. The third-order valence-electron chi connectivity index (χ3n) is 3.73. The first-order valence-corrected chi connectivity index (χ1v) is 10.1. The number of anilines is 1. The topological polar surface area (TPSA) is 111 Å². The van der Waals surface area contributed by atoms with Crippen molar-refractivity contribution in [2.24, 2.45) is 0 Å². The second-order valence-electron chi connectivity index (χ2n) is 5.60. The molecule has 1 fully saturated rings. The van der Waals surface area contributed by atoms with Crippen LogP contribution in [0.4, 0.5) is 5.13 Å². The number of amides is 1. The number of aromatic nitrogens is 4. The van der Waals surface area contributed by atoms with Gasteiger partial charge in [-0.3, -0.25) is 19.6 Å². The second kappa shape index (κ2) is 10.6. The quantitative estimate of drug-likeness (QED) is 0.388. The molecule has 1 unspecified atom stereocenters. The highest BCUT2D eigenvalue weighted by molar-refractivity contribution is 8.01. The molecule has 1 aliphatic heterocycles. The highest BCUT2D eigenvalue weighted by atomic mass is 35.5. The van der Waals surface area contributed by atoms with Crippen LogP contribution >= 0.6 is 35.5 Å². The van der Waals surface area contributed by atoms with Crippen LogP contribution in [0.1, 0.15) is 36.3 Å². The zero-order valence-electron chi connectivity index (χ0n) is 14.7. The van der Waals surface area contributed by atoms with Crippen LogP contribution in [-0.2, 0) is 9.53 Å². The molecule has 0 radical (unpaired) electrons. The molecule has 0 bridgehead atoms. The molecule has 1 saturated heterocycles. The van der Waals surface area contributed by atoms with Crippen LogP contribution in [-0.4, -0.2) is 57.3 Å². The third kappa shape index (κ3) is 6.16. The van der Waals surface area contributed by atoms with E-state index >= 15 is 0 Å². The second-order valence-corrected chi connectivity index (χ2v) is 7.80. The number of carbonyl (C=O) groups excluding carboxylic acids is 2. The number of hydrogen-bond acceptors (Lipinski definition) is 9. The molecule has 148 valence electrons. The van der Waals surface area contributed by atoms with E-state index in [1.807, 2.05) is 10.9 Å². The smallest absolute Gasteiger partial charge is 0.316 e. The van der Waals surface area contributed by atoms with Crippen LogP contribution in [0.15, 0.2) is 16.6 Å². The summed E-state index contributed by atoms with van der Waals surface area (Å²) >= 11 is 2.43. The molecule has 0 aromatic carbocycles. The lowest BCUT2D eigenvalue weighted by molar-refractivity contribution is -0.139. The fourth-order valence-electron chi connectivity index (χ4n) is 2.52. The first-order chi connectivity index (χ1) is 12.7. The van der Waals surface area contributed by atoms with E-state index in [1.54, 1.807) is 13.0 Å². The number of piperidine rings is 1. The van der Waals surface area contributed by atoms with E-state index in [9.17, 15) is 9.59 Å². The maximum atomic E-state index is 12.3. The number of hydrogen-bond donors (Lipinski definition) is 2. The Morgan fingerprint density at radius 3 is 3.07 bits per heavy atom. The summed E-state index contributed by atoms with van der Waals surface area (Å²) in [5, 5.41) is 18.6. The molecule has 9 nitrogen and oxygen atoms in total. The van der Waals surface area contributed by atoms with Crippen molar-refractivity contribution in [3.63, 3.8) is 0 Å². The van der Waals surface area contributed by atoms with Gasteiger partial charge < -0.3 is 10.1 Å². The third-order valence-corrected chi connectivity index (χ3v) is 5.68. The maximum Gasteiger partial charge on any atom is 0.316 e. The van der Waals surface area contributed by atoms with Gasteiger partial charge in [0.05, 0.1) is 18.4 Å². The molecule has 1 atom stereocenters. The Morgan fingerprint density at radius 1 is 1.48 bits per heavy atom. The predicted molar refractivity (Wildman–Crippen MR) is 106 cm³/mol. The fourth-order valence-corrected chi connectivity index (χ4v) is 4.07. The molecule has 2 aromatic rings. The summed E-state index contributed by atoms with van der Waals surface area (Å²) in [7, 11) is 0. The lowest BCUT2D eigenvalue weighted by Crippen LogP contribution is -2.32. The van der Waals surface area contributed by atoms with Gasteiger partial charge in [-0.05, 0) is 32.4 Å². The zero-order valence-corrected chi connectivity index (χ0v) is 17.2. The molecule has 2 N–H and O–H groups in total. The largest absolute Gasteiger partial charge is 0.465 e. The Labute approximate surface area is 171 Å². The summed E-state index contributed by atoms with van der Waals surface area (Å²) in [5.41, 5.74) is 0.339. The number of carbonyl (C=O) groups is 2. The highest BCUT2D eigenvalue weighted by Gasteiger charge is 2.18. The van der Waals surface area contributed by atoms with E-state index in [0.29, 0.717) is 21.8 Å². The number of nitrogens with zero attached hydrogens (tertiary/aromatic N) is 4. The van der Waals surface area contributed by atoms with E-state index < -0.39 is 0 Å². The summed E-state index contributed by atoms with van der Waals surface area (Å²) in [6.07, 6.45) is 3.98. The molecule has 3 rings (SSSR count). The lowest BCUT2D eigenvalue weighted by atomic mass is 10.1. The monoisotopic (exact) mass is 432 g/mol. The molecule has 0 saturated carbocycles. The Hall–Kier alpha value is -1.69. The Morgan fingerprint density at radius 2 is 2.33 bits per heavy atom. The van der Waals surface area contributed by atoms with Crippen LogP contribution in [0, 0.1) is 0 Å². The number of ether oxygens (including phenoxy) is 1. The molecule has 1 amide bonds. The number of rotatable bonds is 7. The summed E-state index contributed by atoms with van der Waals surface area (Å²) in [4.78, 5) is 23.7. The maximum absolute atomic E-state index is 12.3. The van der Waals surface area contributed by atoms with Crippen LogP contribution in [0.25, 0.3) is 0 Å². The van der Waals surface area contributed by atoms with Gasteiger partial charge in [-0.15, -0.1) is 22.6 Å². The molecule has 3 heterocycles. The highest BCUT2D eigenvalue weighted by Crippen LogP contribution is 2.26. The van der Waals surface area contributed by atoms with E-state index in [0.717, 1.165) is 25.9 Å². The Balaban J connectivity index is 0.00000261. The van der Waals surface area contributed by atoms with Crippen molar-refractivity contribution < 1.29 is 14.3 Å². The van der Waals surface area contributed by atoms with E-state index in [-0.39, 0.29) is 36.1 Å². The first-order valence-electron chi connectivity index (χ1n) is 8.35. The zero-order chi connectivity index (χ0) is 18.4. The minimum atomic E-state index is -0.328. The van der Waals surface area contributed by atoms with Crippen LogP contribution < -0.4 is 10.6 Å². The minimum absolute atomic E-state index is 0. The van der Waals surface area contributed by atoms with Crippen molar-refractivity contribution in [3.05, 3.63) is 18.0 Å². The van der Waals surface area contributed by atoms with Gasteiger partial charge in [0, 0.05) is 12.7 Å². The number of halogens is 1. The van der Waals surface area contributed by atoms with Gasteiger partial charge in [0.15, 0.2) is 10.0 Å². The molecule has 0 spiro atoms. The van der Waals surface area contributed by atoms with Crippen molar-refractivity contribution in [3.8, 4) is 0 Å². The van der Waals surface area contributed by atoms with Gasteiger partial charge in [0.25, 0.3) is 5.91 Å². The van der Waals surface area contributed by atoms with E-state index in [2.05, 4.69) is 25.9 Å². The number of esters is 1. The van der Waals surface area contributed by atoms with Crippen LogP contribution in [0.3, 0.4) is 0 Å². The summed E-state index contributed by atoms with van der Waals surface area (Å²) < 4.78 is 7.28. The molecular weight excluding hydrogens is 412 g/mol. The normalized spacial score (nSPS) is 16.4. The molecule has 1 aliphatic rings. The van der Waals surface area contributed by atoms with Crippen LogP contribution in [0.5, 0.6) is 0 Å². The van der Waals surface area contributed by atoms with Crippen molar-refractivity contribution >= 4 is 52.5 Å². The minimum Gasteiger partial charge on any atom is -0.465 e. The van der Waals surface area contributed by atoms with Gasteiger partial charge >= 0.3 is 5.97 Å². The van der Waals surface area contributed by atoms with Gasteiger partial charge in [-0.25, -0.2) is 0 Å². The van der Waals surface area contributed by atoms with Crippen molar-refractivity contribution in [2.75, 3.05) is 30.8 Å². The fraction of sp³-hybridized carbons (Fsp3) is 0.533. The van der Waals surface area contributed by atoms with Crippen molar-refractivity contribution in [1.29, 1.82) is 0 Å². The summed E-state index contributed by atoms with van der Waals surface area (Å²) in [6.45, 7) is 3.99. The van der Waals surface area contributed by atoms with Gasteiger partial charge in [0.2, 0.25) is 5.13 Å². The average Bonchev–Trinajstić information content (AvgIpc) is 3.31. The SMILES string of the molecule is CCOC(=O)CSc1nnc(NC(=O)c2ccn(C3CCCNC3)n2)s1.Cl.